The van der Waals surface area contributed by atoms with Gasteiger partial charge in [-0.15, -0.1) is 0 Å². The van der Waals surface area contributed by atoms with Crippen molar-refractivity contribution < 1.29 is 9.90 Å². The van der Waals surface area contributed by atoms with Crippen LogP contribution in [0.1, 0.15) is 44.6 Å². The van der Waals surface area contributed by atoms with Crippen molar-refractivity contribution in [1.82, 2.24) is 5.32 Å². The number of urea groups is 1. The molecule has 1 aromatic carbocycles. The van der Waals surface area contributed by atoms with Gasteiger partial charge >= 0.3 is 6.03 Å². The molecule has 1 saturated carbocycles. The number of nitrogens with one attached hydrogen (secondary N) is 2. The van der Waals surface area contributed by atoms with E-state index >= 15 is 0 Å². The van der Waals surface area contributed by atoms with Crippen LogP contribution < -0.4 is 10.6 Å². The molecule has 0 heterocycles. The number of aliphatic hydroxyl groups excluding tert-OH is 1. The van der Waals surface area contributed by atoms with Crippen LogP contribution in [0.5, 0.6) is 0 Å². The van der Waals surface area contributed by atoms with Crippen molar-refractivity contribution in [2.45, 2.75) is 56.1 Å². The molecule has 1 aliphatic carbocycles. The maximum absolute atomic E-state index is 11.9. The Bertz CT molecular complexity index is 475. The first-order valence-electron chi connectivity index (χ1n) is 8.06. The maximum atomic E-state index is 11.9. The number of benzene rings is 1. The van der Waals surface area contributed by atoms with Gasteiger partial charge in [-0.2, -0.15) is 11.8 Å². The molecule has 0 unspecified atom stereocenters. The first-order chi connectivity index (χ1) is 10.7. The molecule has 1 aromatic rings. The summed E-state index contributed by atoms with van der Waals surface area (Å²) in [7, 11) is 0. The van der Waals surface area contributed by atoms with Gasteiger partial charge < -0.3 is 15.7 Å². The summed E-state index contributed by atoms with van der Waals surface area (Å²) in [5.74, 6) is 1.00. The predicted octanol–water partition coefficient (Wildman–Crippen LogP) is 3.75. The Morgan fingerprint density at radius 3 is 2.91 bits per heavy atom. The Hall–Kier alpha value is -1.20. The third kappa shape index (κ3) is 5.89. The second-order valence-corrected chi connectivity index (χ2v) is 7.22. The molecule has 0 spiro atoms. The highest BCUT2D eigenvalue weighted by Crippen LogP contribution is 2.31. The molecule has 0 radical (unpaired) electrons. The minimum Gasteiger partial charge on any atom is -0.396 e. The van der Waals surface area contributed by atoms with Crippen LogP contribution in [-0.2, 0) is 5.75 Å². The van der Waals surface area contributed by atoms with Crippen molar-refractivity contribution >= 4 is 23.5 Å². The van der Waals surface area contributed by atoms with Crippen molar-refractivity contribution in [1.29, 1.82) is 0 Å². The molecule has 22 heavy (non-hydrogen) atoms. The van der Waals surface area contributed by atoms with E-state index in [1.54, 1.807) is 0 Å². The summed E-state index contributed by atoms with van der Waals surface area (Å²) in [5, 5.41) is 15.3. The van der Waals surface area contributed by atoms with E-state index in [-0.39, 0.29) is 18.7 Å². The van der Waals surface area contributed by atoms with Gasteiger partial charge in [-0.3, -0.25) is 0 Å². The lowest BCUT2D eigenvalue weighted by molar-refractivity contribution is 0.241. The number of thioether (sulfide) groups is 1. The normalized spacial score (nSPS) is 16.5. The fraction of sp³-hybridized carbons (Fsp3) is 0.588. The number of anilines is 1. The molecule has 1 atom stereocenters. The van der Waals surface area contributed by atoms with Crippen molar-refractivity contribution in [3.8, 4) is 0 Å². The van der Waals surface area contributed by atoms with Crippen LogP contribution in [0.2, 0.25) is 0 Å². The molecule has 0 saturated heterocycles. The van der Waals surface area contributed by atoms with E-state index in [1.165, 1.54) is 31.2 Å². The Labute approximate surface area is 137 Å². The number of amides is 2. The van der Waals surface area contributed by atoms with Gasteiger partial charge in [0.2, 0.25) is 0 Å². The second kappa shape index (κ2) is 9.06. The van der Waals surface area contributed by atoms with Gasteiger partial charge in [-0.25, -0.2) is 4.79 Å². The van der Waals surface area contributed by atoms with Gasteiger partial charge in [0, 0.05) is 29.3 Å². The smallest absolute Gasteiger partial charge is 0.319 e. The molecule has 0 aromatic heterocycles. The standard InChI is InChI=1S/C17H26N2O2S/c1-13(9-10-20)18-17(21)19-15-6-4-5-14(11-15)12-22-16-7-2-3-8-16/h4-6,11,13,16,20H,2-3,7-10,12H2,1H3,(H2,18,19,21)/t13-/m1/s1. The fourth-order valence-corrected chi connectivity index (χ4v) is 3.94. The van der Waals surface area contributed by atoms with E-state index in [1.807, 2.05) is 36.9 Å². The van der Waals surface area contributed by atoms with E-state index < -0.39 is 0 Å². The van der Waals surface area contributed by atoms with Crippen LogP contribution in [0.25, 0.3) is 0 Å². The number of hydrogen-bond donors (Lipinski definition) is 3. The molecule has 1 aliphatic rings. The molecular weight excluding hydrogens is 296 g/mol. The molecule has 2 amide bonds. The molecule has 5 heteroatoms. The number of carbonyl (C=O) groups is 1. The predicted molar refractivity (Wildman–Crippen MR) is 93.3 cm³/mol. The molecule has 1 fully saturated rings. The van der Waals surface area contributed by atoms with Crippen LogP contribution in [0.15, 0.2) is 24.3 Å². The first kappa shape index (κ1) is 17.2. The molecular formula is C17H26N2O2S. The second-order valence-electron chi connectivity index (χ2n) is 5.93. The van der Waals surface area contributed by atoms with Crippen LogP contribution in [-0.4, -0.2) is 29.0 Å². The lowest BCUT2D eigenvalue weighted by Gasteiger charge is -2.14. The van der Waals surface area contributed by atoms with Crippen molar-refractivity contribution in [2.24, 2.45) is 0 Å². The van der Waals surface area contributed by atoms with Crippen LogP contribution in [0, 0.1) is 0 Å². The summed E-state index contributed by atoms with van der Waals surface area (Å²) in [6, 6.07) is 7.78. The lowest BCUT2D eigenvalue weighted by atomic mass is 10.2. The quantitative estimate of drug-likeness (QED) is 0.716. The fourth-order valence-electron chi connectivity index (χ4n) is 2.66. The van der Waals surface area contributed by atoms with Crippen molar-refractivity contribution in [3.05, 3.63) is 29.8 Å². The van der Waals surface area contributed by atoms with Gasteiger partial charge in [0.05, 0.1) is 0 Å². The first-order valence-corrected chi connectivity index (χ1v) is 9.11. The van der Waals surface area contributed by atoms with E-state index in [2.05, 4.69) is 16.7 Å². The summed E-state index contributed by atoms with van der Waals surface area (Å²) in [6.45, 7) is 1.96. The topological polar surface area (TPSA) is 61.4 Å². The van der Waals surface area contributed by atoms with Crippen molar-refractivity contribution in [2.75, 3.05) is 11.9 Å². The Morgan fingerprint density at radius 2 is 2.18 bits per heavy atom. The van der Waals surface area contributed by atoms with Gasteiger partial charge in [-0.1, -0.05) is 25.0 Å². The van der Waals surface area contributed by atoms with Crippen LogP contribution in [0.3, 0.4) is 0 Å². The molecule has 3 N–H and O–H groups in total. The lowest BCUT2D eigenvalue weighted by Crippen LogP contribution is -2.36. The summed E-state index contributed by atoms with van der Waals surface area (Å²) in [5.41, 5.74) is 2.07. The maximum Gasteiger partial charge on any atom is 0.319 e. The Balaban J connectivity index is 1.81. The van der Waals surface area contributed by atoms with Gasteiger partial charge in [-0.05, 0) is 43.9 Å². The molecule has 4 nitrogen and oxygen atoms in total. The van der Waals surface area contributed by atoms with E-state index in [0.717, 1.165) is 16.7 Å². The third-order valence-electron chi connectivity index (χ3n) is 3.91. The summed E-state index contributed by atoms with van der Waals surface area (Å²) < 4.78 is 0. The highest BCUT2D eigenvalue weighted by molar-refractivity contribution is 7.99. The zero-order chi connectivity index (χ0) is 15.8. The van der Waals surface area contributed by atoms with E-state index in [0.29, 0.717) is 6.42 Å². The van der Waals surface area contributed by atoms with Gasteiger partial charge in [0.15, 0.2) is 0 Å². The van der Waals surface area contributed by atoms with Gasteiger partial charge in [0.1, 0.15) is 0 Å². The Morgan fingerprint density at radius 1 is 1.41 bits per heavy atom. The number of hydrogen-bond acceptors (Lipinski definition) is 3. The molecule has 0 bridgehead atoms. The zero-order valence-electron chi connectivity index (χ0n) is 13.2. The zero-order valence-corrected chi connectivity index (χ0v) is 14.0. The minimum atomic E-state index is -0.221. The largest absolute Gasteiger partial charge is 0.396 e. The summed E-state index contributed by atoms with van der Waals surface area (Å²) in [6.07, 6.45) is 5.98. The highest BCUT2D eigenvalue weighted by Gasteiger charge is 2.15. The molecule has 2 rings (SSSR count). The van der Waals surface area contributed by atoms with E-state index in [9.17, 15) is 4.79 Å². The van der Waals surface area contributed by atoms with E-state index in [4.69, 9.17) is 5.11 Å². The minimum absolute atomic E-state index is 0.0360. The SMILES string of the molecule is C[C@H](CCO)NC(=O)Nc1cccc(CSC2CCCC2)c1. The monoisotopic (exact) mass is 322 g/mol. The Kier molecular flexibility index (Phi) is 7.06. The van der Waals surface area contributed by atoms with Gasteiger partial charge in [0.25, 0.3) is 0 Å². The average molecular weight is 322 g/mol. The highest BCUT2D eigenvalue weighted by atomic mass is 32.2. The number of rotatable bonds is 7. The number of aliphatic hydroxyl groups is 1. The van der Waals surface area contributed by atoms with Crippen molar-refractivity contribution in [3.63, 3.8) is 0 Å². The average Bonchev–Trinajstić information content (AvgIpc) is 2.99. The van der Waals surface area contributed by atoms with Crippen LogP contribution in [0.4, 0.5) is 10.5 Å². The third-order valence-corrected chi connectivity index (χ3v) is 5.36. The molecule has 122 valence electrons. The number of carbonyl (C=O) groups excluding carboxylic acids is 1. The van der Waals surface area contributed by atoms with Crippen LogP contribution >= 0.6 is 11.8 Å². The molecule has 0 aliphatic heterocycles. The summed E-state index contributed by atoms with van der Waals surface area (Å²) >= 11 is 2.03. The summed E-state index contributed by atoms with van der Waals surface area (Å²) in [4.78, 5) is 11.9.